The summed E-state index contributed by atoms with van der Waals surface area (Å²) in [6.45, 7) is 2.86. The number of rotatable bonds is 3. The van der Waals surface area contributed by atoms with Gasteiger partial charge in [0.1, 0.15) is 0 Å². The summed E-state index contributed by atoms with van der Waals surface area (Å²) >= 11 is 8.45. The Balaban J connectivity index is 2.08. The molecule has 0 atom stereocenters. The normalized spacial score (nSPS) is 10.3. The average Bonchev–Trinajstić information content (AvgIpc) is 2.32. The smallest absolute Gasteiger partial charge is 0.0455 e. The van der Waals surface area contributed by atoms with Crippen LogP contribution in [0.4, 0.5) is 5.69 Å². The zero-order chi connectivity index (χ0) is 12.3. The van der Waals surface area contributed by atoms with Gasteiger partial charge in [0.15, 0.2) is 0 Å². The lowest BCUT2D eigenvalue weighted by Crippen LogP contribution is -2.00. The number of hydrogen-bond donors (Lipinski definition) is 1. The fraction of sp³-hybridized carbons (Fsp3) is 0.143. The van der Waals surface area contributed by atoms with Gasteiger partial charge in [-0.15, -0.1) is 0 Å². The van der Waals surface area contributed by atoms with Crippen LogP contribution in [0.3, 0.4) is 0 Å². The van der Waals surface area contributed by atoms with Crippen LogP contribution >= 0.6 is 34.2 Å². The molecule has 0 bridgehead atoms. The third-order valence-electron chi connectivity index (χ3n) is 2.61. The lowest BCUT2D eigenvalue weighted by Gasteiger charge is -2.09. The second-order valence-electron chi connectivity index (χ2n) is 3.91. The molecule has 0 aromatic heterocycles. The van der Waals surface area contributed by atoms with Crippen LogP contribution in [0.2, 0.25) is 5.02 Å². The zero-order valence-corrected chi connectivity index (χ0v) is 12.4. The molecule has 0 saturated carbocycles. The van der Waals surface area contributed by atoms with Gasteiger partial charge < -0.3 is 5.32 Å². The third kappa shape index (κ3) is 3.36. The highest BCUT2D eigenvalue weighted by molar-refractivity contribution is 14.1. The van der Waals surface area contributed by atoms with Gasteiger partial charge in [-0.1, -0.05) is 35.9 Å². The van der Waals surface area contributed by atoms with Crippen molar-refractivity contribution >= 4 is 39.9 Å². The Bertz CT molecular complexity index is 525. The molecule has 3 heteroatoms. The maximum absolute atomic E-state index is 6.11. The molecular formula is C14H13ClIN. The Morgan fingerprint density at radius 3 is 2.65 bits per heavy atom. The van der Waals surface area contributed by atoms with E-state index in [2.05, 4.69) is 53.0 Å². The van der Waals surface area contributed by atoms with Crippen molar-refractivity contribution in [3.63, 3.8) is 0 Å². The minimum absolute atomic E-state index is 0.749. The molecule has 0 radical (unpaired) electrons. The van der Waals surface area contributed by atoms with Crippen LogP contribution in [-0.4, -0.2) is 0 Å². The van der Waals surface area contributed by atoms with Gasteiger partial charge >= 0.3 is 0 Å². The van der Waals surface area contributed by atoms with Gasteiger partial charge in [-0.05, 0) is 58.8 Å². The maximum atomic E-state index is 6.11. The van der Waals surface area contributed by atoms with Crippen molar-refractivity contribution in [1.82, 2.24) is 0 Å². The van der Waals surface area contributed by atoms with E-state index in [1.165, 1.54) is 9.13 Å². The second-order valence-corrected chi connectivity index (χ2v) is 5.48. The van der Waals surface area contributed by atoms with E-state index in [1.807, 2.05) is 24.3 Å². The Labute approximate surface area is 120 Å². The van der Waals surface area contributed by atoms with Crippen LogP contribution in [0, 0.1) is 10.5 Å². The SMILES string of the molecule is Cc1ccc(NCc2ccccc2Cl)cc1I. The van der Waals surface area contributed by atoms with E-state index >= 15 is 0 Å². The molecule has 0 unspecified atom stereocenters. The van der Waals surface area contributed by atoms with Crippen LogP contribution in [0.15, 0.2) is 42.5 Å². The number of aryl methyl sites for hydroxylation is 1. The predicted octanol–water partition coefficient (Wildman–Crippen LogP) is 4.87. The van der Waals surface area contributed by atoms with E-state index in [1.54, 1.807) is 0 Å². The van der Waals surface area contributed by atoms with Crippen LogP contribution in [0.5, 0.6) is 0 Å². The predicted molar refractivity (Wildman–Crippen MR) is 82.7 cm³/mol. The van der Waals surface area contributed by atoms with Crippen LogP contribution in [0.25, 0.3) is 0 Å². The van der Waals surface area contributed by atoms with Gasteiger partial charge in [0.05, 0.1) is 0 Å². The van der Waals surface area contributed by atoms with Crippen molar-refractivity contribution in [3.05, 3.63) is 62.2 Å². The number of nitrogens with one attached hydrogen (secondary N) is 1. The number of benzene rings is 2. The molecule has 17 heavy (non-hydrogen) atoms. The molecule has 0 aliphatic heterocycles. The zero-order valence-electron chi connectivity index (χ0n) is 9.50. The number of anilines is 1. The first-order valence-corrected chi connectivity index (χ1v) is 6.86. The first kappa shape index (κ1) is 12.7. The number of hydrogen-bond acceptors (Lipinski definition) is 1. The summed E-state index contributed by atoms with van der Waals surface area (Å²) in [7, 11) is 0. The Hall–Kier alpha value is -0.740. The summed E-state index contributed by atoms with van der Waals surface area (Å²) in [5, 5.41) is 4.19. The lowest BCUT2D eigenvalue weighted by molar-refractivity contribution is 1.15. The molecule has 0 fully saturated rings. The molecular weight excluding hydrogens is 345 g/mol. The quantitative estimate of drug-likeness (QED) is 0.773. The molecule has 0 spiro atoms. The van der Waals surface area contributed by atoms with E-state index in [-0.39, 0.29) is 0 Å². The van der Waals surface area contributed by atoms with Crippen molar-refractivity contribution in [3.8, 4) is 0 Å². The van der Waals surface area contributed by atoms with Gasteiger partial charge in [0.2, 0.25) is 0 Å². The standard InChI is InChI=1S/C14H13ClIN/c1-10-6-7-12(8-14(10)16)17-9-11-4-2-3-5-13(11)15/h2-8,17H,9H2,1H3. The third-order valence-corrected chi connectivity index (χ3v) is 4.14. The topological polar surface area (TPSA) is 12.0 Å². The Morgan fingerprint density at radius 2 is 1.94 bits per heavy atom. The molecule has 2 aromatic rings. The largest absolute Gasteiger partial charge is 0.381 e. The Morgan fingerprint density at radius 1 is 1.18 bits per heavy atom. The van der Waals surface area contributed by atoms with Gasteiger partial charge in [0.25, 0.3) is 0 Å². The summed E-state index contributed by atoms with van der Waals surface area (Å²) in [6, 6.07) is 14.3. The summed E-state index contributed by atoms with van der Waals surface area (Å²) in [6.07, 6.45) is 0. The minimum atomic E-state index is 0.749. The van der Waals surface area contributed by atoms with Crippen LogP contribution in [-0.2, 0) is 6.54 Å². The molecule has 0 heterocycles. The monoisotopic (exact) mass is 357 g/mol. The lowest BCUT2D eigenvalue weighted by atomic mass is 10.2. The summed E-state index contributed by atoms with van der Waals surface area (Å²) in [5.74, 6) is 0. The first-order chi connectivity index (χ1) is 8.16. The second kappa shape index (κ2) is 5.74. The minimum Gasteiger partial charge on any atom is -0.381 e. The van der Waals surface area contributed by atoms with Crippen molar-refractivity contribution in [2.45, 2.75) is 13.5 Å². The molecule has 88 valence electrons. The molecule has 1 N–H and O–H groups in total. The molecule has 1 nitrogen and oxygen atoms in total. The average molecular weight is 358 g/mol. The van der Waals surface area contributed by atoms with Crippen molar-refractivity contribution < 1.29 is 0 Å². The highest BCUT2D eigenvalue weighted by atomic mass is 127. The molecule has 0 amide bonds. The van der Waals surface area contributed by atoms with Crippen molar-refractivity contribution in [2.75, 3.05) is 5.32 Å². The summed E-state index contributed by atoms with van der Waals surface area (Å²) < 4.78 is 1.27. The maximum Gasteiger partial charge on any atom is 0.0455 e. The van der Waals surface area contributed by atoms with Gasteiger partial charge in [0, 0.05) is 20.8 Å². The van der Waals surface area contributed by atoms with E-state index in [0.717, 1.165) is 22.8 Å². The Kier molecular flexibility index (Phi) is 4.29. The van der Waals surface area contributed by atoms with Gasteiger partial charge in [-0.3, -0.25) is 0 Å². The molecule has 0 aliphatic rings. The summed E-state index contributed by atoms with van der Waals surface area (Å²) in [5.41, 5.74) is 3.54. The molecule has 0 saturated heterocycles. The van der Waals surface area contributed by atoms with Crippen LogP contribution in [0.1, 0.15) is 11.1 Å². The first-order valence-electron chi connectivity index (χ1n) is 5.40. The summed E-state index contributed by atoms with van der Waals surface area (Å²) in [4.78, 5) is 0. The number of halogens is 2. The van der Waals surface area contributed by atoms with E-state index in [4.69, 9.17) is 11.6 Å². The molecule has 2 aromatic carbocycles. The van der Waals surface area contributed by atoms with E-state index in [0.29, 0.717) is 0 Å². The van der Waals surface area contributed by atoms with Crippen molar-refractivity contribution in [1.29, 1.82) is 0 Å². The van der Waals surface area contributed by atoms with Crippen molar-refractivity contribution in [2.24, 2.45) is 0 Å². The van der Waals surface area contributed by atoms with Gasteiger partial charge in [-0.25, -0.2) is 0 Å². The van der Waals surface area contributed by atoms with E-state index in [9.17, 15) is 0 Å². The molecule has 0 aliphatic carbocycles. The van der Waals surface area contributed by atoms with E-state index < -0.39 is 0 Å². The highest BCUT2D eigenvalue weighted by Gasteiger charge is 2.00. The van der Waals surface area contributed by atoms with Crippen LogP contribution < -0.4 is 5.32 Å². The fourth-order valence-electron chi connectivity index (χ4n) is 1.54. The fourth-order valence-corrected chi connectivity index (χ4v) is 2.26. The molecule has 2 rings (SSSR count). The highest BCUT2D eigenvalue weighted by Crippen LogP contribution is 2.20. The van der Waals surface area contributed by atoms with Gasteiger partial charge in [-0.2, -0.15) is 0 Å².